The predicted octanol–water partition coefficient (Wildman–Crippen LogP) is 5.64. The van der Waals surface area contributed by atoms with E-state index in [0.717, 1.165) is 42.6 Å². The molecule has 0 radical (unpaired) electrons. The summed E-state index contributed by atoms with van der Waals surface area (Å²) in [5.74, 6) is 1.04. The molecule has 4 aromatic rings. The van der Waals surface area contributed by atoms with Gasteiger partial charge in [-0.15, -0.1) is 34.4 Å². The topological polar surface area (TPSA) is 45.5 Å². The number of benzene rings is 1. The number of furan rings is 1. The van der Waals surface area contributed by atoms with E-state index in [4.69, 9.17) is 4.42 Å². The largest absolute Gasteiger partial charge is 0.451 e. The van der Waals surface area contributed by atoms with E-state index in [-0.39, 0.29) is 5.91 Å². The maximum Gasteiger partial charge on any atom is 0.287 e. The van der Waals surface area contributed by atoms with Crippen LogP contribution in [0.25, 0.3) is 11.0 Å². The zero-order valence-corrected chi connectivity index (χ0v) is 18.9. The lowest BCUT2D eigenvalue weighted by Crippen LogP contribution is -2.37. The molecule has 3 aromatic heterocycles. The van der Waals surface area contributed by atoms with Crippen LogP contribution in [0.1, 0.15) is 26.6 Å². The number of carbonyl (C=O) groups excluding carboxylic acids is 1. The number of para-hydroxylation sites is 1. The zero-order chi connectivity index (χ0) is 20.3. The van der Waals surface area contributed by atoms with Crippen molar-refractivity contribution in [2.75, 3.05) is 19.6 Å². The highest BCUT2D eigenvalue weighted by Crippen LogP contribution is 2.33. The molecule has 4 nitrogen and oxygen atoms in total. The van der Waals surface area contributed by atoms with Crippen molar-refractivity contribution in [1.82, 2.24) is 10.2 Å². The molecule has 1 aliphatic heterocycles. The fourth-order valence-corrected chi connectivity index (χ4v) is 6.52. The first-order valence-corrected chi connectivity index (χ1v) is 12.7. The Morgan fingerprint density at radius 2 is 2.07 bits per heavy atom. The van der Waals surface area contributed by atoms with Crippen molar-refractivity contribution in [3.8, 4) is 0 Å². The summed E-state index contributed by atoms with van der Waals surface area (Å²) < 4.78 is 7.22. The lowest BCUT2D eigenvalue weighted by molar-refractivity contribution is 0.0921. The molecule has 0 spiro atoms. The van der Waals surface area contributed by atoms with Crippen LogP contribution in [-0.4, -0.2) is 30.4 Å². The summed E-state index contributed by atoms with van der Waals surface area (Å²) in [6, 6.07) is 14.3. The molecule has 1 N–H and O–H groups in total. The molecule has 7 heteroatoms. The number of carbonyl (C=O) groups is 1. The fourth-order valence-electron chi connectivity index (χ4n) is 3.82. The van der Waals surface area contributed by atoms with Gasteiger partial charge in [-0.05, 0) is 40.9 Å². The van der Waals surface area contributed by atoms with Crippen LogP contribution in [0.3, 0.4) is 0 Å². The van der Waals surface area contributed by atoms with Crippen LogP contribution < -0.4 is 5.32 Å². The molecule has 0 saturated carbocycles. The lowest BCUT2D eigenvalue weighted by Gasteiger charge is -2.26. The Hall–Kier alpha value is -2.06. The monoisotopic (exact) mass is 454 g/mol. The molecule has 0 saturated heterocycles. The van der Waals surface area contributed by atoms with Gasteiger partial charge in [-0.25, -0.2) is 0 Å². The van der Waals surface area contributed by atoms with Gasteiger partial charge in [-0.1, -0.05) is 24.3 Å². The van der Waals surface area contributed by atoms with Crippen LogP contribution in [0.15, 0.2) is 61.9 Å². The number of fused-ring (bicyclic) bond motifs is 2. The molecule has 0 atom stereocenters. The summed E-state index contributed by atoms with van der Waals surface area (Å²) in [4.78, 5) is 16.9. The fraction of sp³-hybridized carbons (Fsp3) is 0.261. The Labute approximate surface area is 187 Å². The first-order chi connectivity index (χ1) is 14.8. The van der Waals surface area contributed by atoms with Gasteiger partial charge in [-0.3, -0.25) is 9.69 Å². The second-order valence-corrected chi connectivity index (χ2v) is 10.5. The third-order valence-electron chi connectivity index (χ3n) is 5.36. The van der Waals surface area contributed by atoms with Crippen molar-refractivity contribution in [3.63, 3.8) is 0 Å². The van der Waals surface area contributed by atoms with Crippen LogP contribution in [0.2, 0.25) is 0 Å². The van der Waals surface area contributed by atoms with Crippen LogP contribution in [-0.2, 0) is 18.7 Å². The van der Waals surface area contributed by atoms with E-state index >= 15 is 0 Å². The molecular formula is C23H22N2O2S3. The average molecular weight is 455 g/mol. The highest BCUT2D eigenvalue weighted by Gasteiger charge is 2.21. The van der Waals surface area contributed by atoms with Gasteiger partial charge in [-0.2, -0.15) is 0 Å². The highest BCUT2D eigenvalue weighted by molar-refractivity contribution is 8.00. The summed E-state index contributed by atoms with van der Waals surface area (Å²) in [5, 5.41) is 8.35. The molecule has 4 heterocycles. The van der Waals surface area contributed by atoms with E-state index in [1.54, 1.807) is 23.1 Å². The van der Waals surface area contributed by atoms with Crippen LogP contribution >= 0.6 is 34.4 Å². The molecule has 0 fully saturated rings. The van der Waals surface area contributed by atoms with Crippen LogP contribution in [0, 0.1) is 0 Å². The normalized spacial score (nSPS) is 14.1. The Balaban J connectivity index is 1.25. The number of hydrogen-bond acceptors (Lipinski definition) is 6. The summed E-state index contributed by atoms with van der Waals surface area (Å²) in [6.07, 6.45) is 1.11. The average Bonchev–Trinajstić information content (AvgIpc) is 3.51. The second kappa shape index (κ2) is 8.98. The summed E-state index contributed by atoms with van der Waals surface area (Å²) in [7, 11) is 0. The minimum atomic E-state index is -0.124. The quantitative estimate of drug-likeness (QED) is 0.367. The van der Waals surface area contributed by atoms with E-state index in [2.05, 4.69) is 33.1 Å². The summed E-state index contributed by atoms with van der Waals surface area (Å²) in [5.41, 5.74) is 3.18. The maximum atomic E-state index is 13.0. The summed E-state index contributed by atoms with van der Waals surface area (Å²) in [6.45, 7) is 3.49. The van der Waals surface area contributed by atoms with Gasteiger partial charge in [0.2, 0.25) is 0 Å². The van der Waals surface area contributed by atoms with Crippen LogP contribution in [0.5, 0.6) is 0 Å². The first kappa shape index (κ1) is 19.9. The molecule has 154 valence electrons. The first-order valence-electron chi connectivity index (χ1n) is 10.0. The van der Waals surface area contributed by atoms with Crippen molar-refractivity contribution < 1.29 is 9.21 Å². The molecule has 5 rings (SSSR count). The number of nitrogens with zero attached hydrogens (tertiary/aromatic N) is 1. The van der Waals surface area contributed by atoms with E-state index in [0.29, 0.717) is 18.1 Å². The van der Waals surface area contributed by atoms with Crippen molar-refractivity contribution in [3.05, 3.63) is 75.0 Å². The van der Waals surface area contributed by atoms with Gasteiger partial charge in [0.05, 0.1) is 4.21 Å². The zero-order valence-electron chi connectivity index (χ0n) is 16.4. The van der Waals surface area contributed by atoms with Crippen molar-refractivity contribution in [2.45, 2.75) is 22.9 Å². The molecule has 0 aliphatic carbocycles. The molecular weight excluding hydrogens is 432 g/mol. The molecule has 0 unspecified atom stereocenters. The molecule has 30 heavy (non-hydrogen) atoms. The smallest absolute Gasteiger partial charge is 0.287 e. The van der Waals surface area contributed by atoms with Gasteiger partial charge in [0.25, 0.3) is 5.91 Å². The molecule has 1 aliphatic rings. The van der Waals surface area contributed by atoms with Crippen molar-refractivity contribution in [1.29, 1.82) is 0 Å². The third-order valence-corrected chi connectivity index (χ3v) is 8.54. The van der Waals surface area contributed by atoms with Crippen LogP contribution in [0.4, 0.5) is 0 Å². The number of nitrogens with one attached hydrogen (secondary N) is 1. The van der Waals surface area contributed by atoms with E-state index in [1.807, 2.05) is 41.7 Å². The van der Waals surface area contributed by atoms with Gasteiger partial charge in [0, 0.05) is 47.8 Å². The van der Waals surface area contributed by atoms with Crippen molar-refractivity contribution in [2.24, 2.45) is 0 Å². The Morgan fingerprint density at radius 3 is 2.97 bits per heavy atom. The number of thiophene rings is 2. The third kappa shape index (κ3) is 4.21. The van der Waals surface area contributed by atoms with Crippen molar-refractivity contribution >= 4 is 51.3 Å². The minimum Gasteiger partial charge on any atom is -0.451 e. The SMILES string of the molecule is O=C(NCCN1CCc2sccc2C1)c1oc2ccccc2c1CSc1cccs1. The standard InChI is InChI=1S/C23H22N2O2S3/c26-23(24-9-11-25-10-7-20-16(14-25)8-13-28-20)22-18(15-30-21-6-3-12-29-21)17-4-1-2-5-19(17)27-22/h1-6,8,12-13H,7,9-11,14-15H2,(H,24,26). The molecule has 1 amide bonds. The van der Waals surface area contributed by atoms with Gasteiger partial charge in [0.15, 0.2) is 5.76 Å². The number of hydrogen-bond donors (Lipinski definition) is 1. The van der Waals surface area contributed by atoms with Gasteiger partial charge >= 0.3 is 0 Å². The predicted molar refractivity (Wildman–Crippen MR) is 126 cm³/mol. The molecule has 1 aromatic carbocycles. The lowest BCUT2D eigenvalue weighted by atomic mass is 10.1. The van der Waals surface area contributed by atoms with Gasteiger partial charge < -0.3 is 9.73 Å². The van der Waals surface area contributed by atoms with E-state index in [9.17, 15) is 4.79 Å². The minimum absolute atomic E-state index is 0.124. The molecule has 0 bridgehead atoms. The van der Waals surface area contributed by atoms with Gasteiger partial charge in [0.1, 0.15) is 5.58 Å². The number of rotatable bonds is 7. The Bertz CT molecular complexity index is 1150. The maximum absolute atomic E-state index is 13.0. The number of amides is 1. The Morgan fingerprint density at radius 1 is 1.13 bits per heavy atom. The Kier molecular flexibility index (Phi) is 5.95. The highest BCUT2D eigenvalue weighted by atomic mass is 32.2. The van der Waals surface area contributed by atoms with E-state index < -0.39 is 0 Å². The number of thioether (sulfide) groups is 1. The second-order valence-electron chi connectivity index (χ2n) is 7.28. The summed E-state index contributed by atoms with van der Waals surface area (Å²) >= 11 is 5.31. The van der Waals surface area contributed by atoms with E-state index in [1.165, 1.54) is 14.6 Å².